The molecule has 140 valence electrons. The molecule has 5 nitrogen and oxygen atoms in total. The van der Waals surface area contributed by atoms with Gasteiger partial charge in [-0.1, -0.05) is 17.7 Å². The Balaban J connectivity index is 1.68. The summed E-state index contributed by atoms with van der Waals surface area (Å²) in [6, 6.07) is 22.0. The molecule has 0 saturated carbocycles. The molecule has 0 aliphatic carbocycles. The van der Waals surface area contributed by atoms with Crippen LogP contribution >= 0.6 is 0 Å². The van der Waals surface area contributed by atoms with E-state index in [9.17, 15) is 8.42 Å². The Labute approximate surface area is 160 Å². The number of hydrogen-bond acceptors (Lipinski definition) is 4. The van der Waals surface area contributed by atoms with Crippen LogP contribution in [0.3, 0.4) is 0 Å². The second kappa shape index (κ2) is 7.72. The van der Waals surface area contributed by atoms with E-state index in [2.05, 4.69) is 10.0 Å². The molecule has 3 rings (SSSR count). The fourth-order valence-corrected chi connectivity index (χ4v) is 3.62. The van der Waals surface area contributed by atoms with Crippen molar-refractivity contribution in [1.82, 2.24) is 0 Å². The molecule has 0 spiro atoms. The van der Waals surface area contributed by atoms with Crippen molar-refractivity contribution >= 4 is 32.8 Å². The largest absolute Gasteiger partial charge is 0.378 e. The number of rotatable bonds is 6. The molecular formula is C21H23N3O2S. The van der Waals surface area contributed by atoms with Gasteiger partial charge in [0.15, 0.2) is 0 Å². The Hall–Kier alpha value is -2.99. The van der Waals surface area contributed by atoms with Gasteiger partial charge in [0.25, 0.3) is 10.0 Å². The molecule has 3 aromatic rings. The number of benzene rings is 3. The van der Waals surface area contributed by atoms with Crippen molar-refractivity contribution in [3.8, 4) is 0 Å². The lowest BCUT2D eigenvalue weighted by atomic mass is 10.2. The van der Waals surface area contributed by atoms with Gasteiger partial charge in [0.05, 0.1) is 4.90 Å². The summed E-state index contributed by atoms with van der Waals surface area (Å²) < 4.78 is 27.5. The minimum absolute atomic E-state index is 0.247. The first-order valence-corrected chi connectivity index (χ1v) is 10.1. The predicted molar refractivity (Wildman–Crippen MR) is 112 cm³/mol. The first-order valence-electron chi connectivity index (χ1n) is 8.57. The van der Waals surface area contributed by atoms with Crippen LogP contribution in [0.2, 0.25) is 0 Å². The van der Waals surface area contributed by atoms with Gasteiger partial charge in [0.1, 0.15) is 0 Å². The Morgan fingerprint density at radius 1 is 0.704 bits per heavy atom. The lowest BCUT2D eigenvalue weighted by molar-refractivity contribution is 0.601. The van der Waals surface area contributed by atoms with Crippen LogP contribution in [-0.2, 0) is 10.0 Å². The molecule has 0 amide bonds. The van der Waals surface area contributed by atoms with Crippen LogP contribution in [0.15, 0.2) is 77.7 Å². The second-order valence-corrected chi connectivity index (χ2v) is 8.24. The number of aryl methyl sites for hydroxylation is 1. The Kier molecular flexibility index (Phi) is 5.37. The monoisotopic (exact) mass is 381 g/mol. The van der Waals surface area contributed by atoms with E-state index in [4.69, 9.17) is 0 Å². The van der Waals surface area contributed by atoms with E-state index < -0.39 is 10.0 Å². The number of nitrogens with zero attached hydrogens (tertiary/aromatic N) is 1. The zero-order valence-electron chi connectivity index (χ0n) is 15.6. The molecule has 0 saturated heterocycles. The normalized spacial score (nSPS) is 11.1. The summed E-state index contributed by atoms with van der Waals surface area (Å²) in [5, 5.41) is 3.30. The fourth-order valence-electron chi connectivity index (χ4n) is 2.56. The SMILES string of the molecule is Cc1ccc(S(=O)(=O)Nc2ccc(Nc3ccc(N(C)C)cc3)cc2)cc1. The van der Waals surface area contributed by atoms with Gasteiger partial charge in [0, 0.05) is 36.8 Å². The Bertz CT molecular complexity index is 995. The molecule has 0 bridgehead atoms. The van der Waals surface area contributed by atoms with Crippen LogP contribution in [0.4, 0.5) is 22.7 Å². The molecule has 0 aromatic heterocycles. The summed E-state index contributed by atoms with van der Waals surface area (Å²) in [5.74, 6) is 0. The van der Waals surface area contributed by atoms with Crippen molar-refractivity contribution in [2.75, 3.05) is 29.0 Å². The second-order valence-electron chi connectivity index (χ2n) is 6.56. The zero-order valence-corrected chi connectivity index (χ0v) is 16.4. The van der Waals surface area contributed by atoms with Crippen molar-refractivity contribution < 1.29 is 8.42 Å². The van der Waals surface area contributed by atoms with Gasteiger partial charge in [-0.25, -0.2) is 8.42 Å². The average molecular weight is 382 g/mol. The van der Waals surface area contributed by atoms with Crippen LogP contribution in [0.5, 0.6) is 0 Å². The molecule has 0 unspecified atom stereocenters. The highest BCUT2D eigenvalue weighted by Crippen LogP contribution is 2.23. The zero-order chi connectivity index (χ0) is 19.4. The van der Waals surface area contributed by atoms with Crippen molar-refractivity contribution in [2.24, 2.45) is 0 Å². The number of sulfonamides is 1. The van der Waals surface area contributed by atoms with E-state index in [1.807, 2.05) is 62.3 Å². The van der Waals surface area contributed by atoms with E-state index in [0.717, 1.165) is 22.6 Å². The quantitative estimate of drug-likeness (QED) is 0.655. The fraction of sp³-hybridized carbons (Fsp3) is 0.143. The lowest BCUT2D eigenvalue weighted by Gasteiger charge is -2.14. The molecule has 0 fully saturated rings. The third kappa shape index (κ3) is 4.80. The van der Waals surface area contributed by atoms with Gasteiger partial charge < -0.3 is 10.2 Å². The Morgan fingerprint density at radius 3 is 1.70 bits per heavy atom. The molecule has 0 atom stereocenters. The van der Waals surface area contributed by atoms with Gasteiger partial charge in [-0.2, -0.15) is 0 Å². The maximum Gasteiger partial charge on any atom is 0.261 e. The maximum atomic E-state index is 12.4. The van der Waals surface area contributed by atoms with E-state index in [-0.39, 0.29) is 4.90 Å². The topological polar surface area (TPSA) is 61.4 Å². The molecular weight excluding hydrogens is 358 g/mol. The van der Waals surface area contributed by atoms with Gasteiger partial charge in [-0.05, 0) is 67.6 Å². The molecule has 0 aliphatic rings. The third-order valence-electron chi connectivity index (χ3n) is 4.14. The molecule has 0 heterocycles. The summed E-state index contributed by atoms with van der Waals surface area (Å²) in [6.07, 6.45) is 0. The van der Waals surface area contributed by atoms with Crippen LogP contribution in [0.1, 0.15) is 5.56 Å². The molecule has 6 heteroatoms. The van der Waals surface area contributed by atoms with Crippen molar-refractivity contribution in [1.29, 1.82) is 0 Å². The number of hydrogen-bond donors (Lipinski definition) is 2. The van der Waals surface area contributed by atoms with Gasteiger partial charge in [-0.15, -0.1) is 0 Å². The standard InChI is InChI=1S/C21H23N3O2S/c1-16-4-14-21(15-5-16)27(25,26)23-19-8-6-17(7-9-19)22-18-10-12-20(13-11-18)24(2)3/h4-15,22-23H,1-3H3. The molecule has 3 aromatic carbocycles. The first-order chi connectivity index (χ1) is 12.8. The predicted octanol–water partition coefficient (Wildman–Crippen LogP) is 4.61. The number of anilines is 4. The highest BCUT2D eigenvalue weighted by Gasteiger charge is 2.13. The van der Waals surface area contributed by atoms with Crippen molar-refractivity contribution in [2.45, 2.75) is 11.8 Å². The van der Waals surface area contributed by atoms with E-state index >= 15 is 0 Å². The van der Waals surface area contributed by atoms with Crippen molar-refractivity contribution in [3.63, 3.8) is 0 Å². The minimum atomic E-state index is -3.59. The average Bonchev–Trinajstić information content (AvgIpc) is 2.64. The van der Waals surface area contributed by atoms with E-state index in [0.29, 0.717) is 5.69 Å². The highest BCUT2D eigenvalue weighted by molar-refractivity contribution is 7.92. The summed E-state index contributed by atoms with van der Waals surface area (Å²) in [4.78, 5) is 2.29. The van der Waals surface area contributed by atoms with Gasteiger partial charge in [-0.3, -0.25) is 4.72 Å². The smallest absolute Gasteiger partial charge is 0.261 e. The summed E-state index contributed by atoms with van der Waals surface area (Å²) in [5.41, 5.74) is 4.51. The van der Waals surface area contributed by atoms with Gasteiger partial charge >= 0.3 is 0 Å². The van der Waals surface area contributed by atoms with Crippen LogP contribution in [0, 0.1) is 6.92 Å². The Morgan fingerprint density at radius 2 is 1.19 bits per heavy atom. The third-order valence-corrected chi connectivity index (χ3v) is 5.54. The van der Waals surface area contributed by atoms with Crippen molar-refractivity contribution in [3.05, 3.63) is 78.4 Å². The van der Waals surface area contributed by atoms with Gasteiger partial charge in [0.2, 0.25) is 0 Å². The van der Waals surface area contributed by atoms with Crippen LogP contribution < -0.4 is 14.9 Å². The summed E-state index contributed by atoms with van der Waals surface area (Å²) in [7, 11) is 0.408. The molecule has 2 N–H and O–H groups in total. The first kappa shape index (κ1) is 18.8. The molecule has 0 radical (unpaired) electrons. The maximum absolute atomic E-state index is 12.4. The minimum Gasteiger partial charge on any atom is -0.378 e. The van der Waals surface area contributed by atoms with Crippen LogP contribution in [0.25, 0.3) is 0 Å². The molecule has 0 aliphatic heterocycles. The summed E-state index contributed by atoms with van der Waals surface area (Å²) in [6.45, 7) is 1.92. The summed E-state index contributed by atoms with van der Waals surface area (Å²) >= 11 is 0. The molecule has 27 heavy (non-hydrogen) atoms. The lowest BCUT2D eigenvalue weighted by Crippen LogP contribution is -2.12. The van der Waals surface area contributed by atoms with E-state index in [1.165, 1.54) is 0 Å². The van der Waals surface area contributed by atoms with Crippen LogP contribution in [-0.4, -0.2) is 22.5 Å². The highest BCUT2D eigenvalue weighted by atomic mass is 32.2. The van der Waals surface area contributed by atoms with E-state index in [1.54, 1.807) is 36.4 Å². The number of nitrogens with one attached hydrogen (secondary N) is 2.